The average Bonchev–Trinajstić information content (AvgIpc) is 2.00. The predicted molar refractivity (Wildman–Crippen MR) is 69.2 cm³/mol. The first-order valence-electron chi connectivity index (χ1n) is 5.53. The molecule has 78 valence electrons. The first-order valence-corrected chi connectivity index (χ1v) is 6.10. The molecular formula is C14H21Al+2. The molecule has 0 nitrogen and oxygen atoms in total. The number of rotatable bonds is 0. The molecule has 0 unspecified atom stereocenters. The Morgan fingerprint density at radius 3 is 1.80 bits per heavy atom. The van der Waals surface area contributed by atoms with Crippen LogP contribution in [0.1, 0.15) is 52.7 Å². The van der Waals surface area contributed by atoms with E-state index in [9.17, 15) is 0 Å². The van der Waals surface area contributed by atoms with Crippen LogP contribution >= 0.6 is 0 Å². The van der Waals surface area contributed by atoms with Gasteiger partial charge in [-0.15, -0.1) is 0 Å². The number of benzene rings is 1. The van der Waals surface area contributed by atoms with Crippen LogP contribution in [-0.2, 0) is 10.8 Å². The van der Waals surface area contributed by atoms with Gasteiger partial charge in [0.1, 0.15) is 0 Å². The Balaban J connectivity index is 3.30. The number of hydrogen-bond acceptors (Lipinski definition) is 0. The standard InChI is InChI=1S/C14H21.Al/c1-13(2,3)11-8-7-9-12(10-11)14(4,5)6;/h7-8,10H,1-6H3;/q;+2. The fourth-order valence-electron chi connectivity index (χ4n) is 1.67. The summed E-state index contributed by atoms with van der Waals surface area (Å²) in [4.78, 5) is 0. The molecule has 1 rings (SSSR count). The van der Waals surface area contributed by atoms with Gasteiger partial charge in [-0.05, 0) is 0 Å². The Morgan fingerprint density at radius 2 is 1.40 bits per heavy atom. The van der Waals surface area contributed by atoms with Gasteiger partial charge in [0.15, 0.2) is 0 Å². The van der Waals surface area contributed by atoms with Gasteiger partial charge in [-0.3, -0.25) is 0 Å². The molecule has 0 saturated carbocycles. The van der Waals surface area contributed by atoms with Crippen LogP contribution in [0.25, 0.3) is 0 Å². The second-order valence-electron chi connectivity index (χ2n) is 6.30. The topological polar surface area (TPSA) is 0 Å². The molecule has 0 heterocycles. The first kappa shape index (κ1) is 12.8. The average molecular weight is 216 g/mol. The molecule has 0 radical (unpaired) electrons. The molecule has 1 aromatic rings. The van der Waals surface area contributed by atoms with Crippen LogP contribution in [0, 0.1) is 0 Å². The van der Waals surface area contributed by atoms with Gasteiger partial charge in [-0.2, -0.15) is 0 Å². The molecule has 0 atom stereocenters. The molecule has 15 heavy (non-hydrogen) atoms. The normalized spacial score (nSPS) is 13.1. The van der Waals surface area contributed by atoms with E-state index in [1.807, 2.05) is 0 Å². The Hall–Kier alpha value is -0.248. The molecule has 0 bridgehead atoms. The van der Waals surface area contributed by atoms with Crippen molar-refractivity contribution in [2.45, 2.75) is 52.4 Å². The van der Waals surface area contributed by atoms with Gasteiger partial charge in [-0.1, -0.05) is 0 Å². The van der Waals surface area contributed by atoms with E-state index in [1.54, 1.807) is 0 Å². The van der Waals surface area contributed by atoms with Gasteiger partial charge in [0.25, 0.3) is 0 Å². The molecule has 0 aliphatic carbocycles. The van der Waals surface area contributed by atoms with Gasteiger partial charge < -0.3 is 0 Å². The predicted octanol–water partition coefficient (Wildman–Crippen LogP) is 3.08. The third-order valence-corrected chi connectivity index (χ3v) is 3.23. The van der Waals surface area contributed by atoms with Crippen LogP contribution < -0.4 is 4.43 Å². The van der Waals surface area contributed by atoms with Crippen LogP contribution in [0.2, 0.25) is 0 Å². The summed E-state index contributed by atoms with van der Waals surface area (Å²) < 4.78 is 1.32. The van der Waals surface area contributed by atoms with E-state index in [0.717, 1.165) is 0 Å². The minimum absolute atomic E-state index is 0.221. The van der Waals surface area contributed by atoms with Crippen LogP contribution in [0.15, 0.2) is 18.2 Å². The molecule has 1 aromatic carbocycles. The summed E-state index contributed by atoms with van der Waals surface area (Å²) in [5.41, 5.74) is 3.30. The maximum atomic E-state index is 2.84. The van der Waals surface area contributed by atoms with Gasteiger partial charge in [0.05, 0.1) is 0 Å². The monoisotopic (exact) mass is 216 g/mol. The molecule has 0 aliphatic heterocycles. The van der Waals surface area contributed by atoms with Crippen LogP contribution in [0.3, 0.4) is 0 Å². The summed E-state index contributed by atoms with van der Waals surface area (Å²) >= 11 is 2.84. The minimum atomic E-state index is 0.221. The second-order valence-corrected chi connectivity index (χ2v) is 6.92. The molecule has 1 heteroatoms. The molecule has 0 N–H and O–H groups in total. The third-order valence-electron chi connectivity index (χ3n) is 2.73. The molecule has 0 fully saturated rings. The Morgan fingerprint density at radius 1 is 0.867 bits per heavy atom. The quantitative estimate of drug-likeness (QED) is 0.585. The Labute approximate surface area is 103 Å². The Kier molecular flexibility index (Phi) is 3.39. The molecule has 0 aliphatic rings. The van der Waals surface area contributed by atoms with Crippen molar-refractivity contribution >= 4 is 20.7 Å². The van der Waals surface area contributed by atoms with Crippen molar-refractivity contribution in [3.63, 3.8) is 0 Å². The van der Waals surface area contributed by atoms with E-state index < -0.39 is 0 Å². The molecule has 0 saturated heterocycles. The molecule has 0 spiro atoms. The van der Waals surface area contributed by atoms with Crippen molar-refractivity contribution in [3.8, 4) is 0 Å². The molecule has 0 aromatic heterocycles. The van der Waals surface area contributed by atoms with E-state index in [2.05, 4.69) is 76.0 Å². The maximum absolute atomic E-state index is 2.84. The van der Waals surface area contributed by atoms with Crippen molar-refractivity contribution in [3.05, 3.63) is 29.3 Å². The fraction of sp³-hybridized carbons (Fsp3) is 0.571. The molecule has 0 amide bonds. The summed E-state index contributed by atoms with van der Waals surface area (Å²) in [5.74, 6) is 0. The van der Waals surface area contributed by atoms with Crippen LogP contribution in [0.5, 0.6) is 0 Å². The van der Waals surface area contributed by atoms with Gasteiger partial charge in [0, 0.05) is 0 Å². The van der Waals surface area contributed by atoms with Crippen LogP contribution in [-0.4, -0.2) is 16.3 Å². The van der Waals surface area contributed by atoms with Crippen LogP contribution in [0.4, 0.5) is 0 Å². The van der Waals surface area contributed by atoms with Crippen molar-refractivity contribution in [1.82, 2.24) is 0 Å². The van der Waals surface area contributed by atoms with Crippen molar-refractivity contribution in [2.24, 2.45) is 0 Å². The summed E-state index contributed by atoms with van der Waals surface area (Å²) in [7, 11) is 0. The Bertz CT molecular complexity index is 351. The summed E-state index contributed by atoms with van der Waals surface area (Å²) in [5, 5.41) is 0. The van der Waals surface area contributed by atoms with Gasteiger partial charge >= 0.3 is 102 Å². The second kappa shape index (κ2) is 3.96. The first-order chi connectivity index (χ1) is 6.62. The van der Waals surface area contributed by atoms with Gasteiger partial charge in [0.2, 0.25) is 0 Å². The summed E-state index contributed by atoms with van der Waals surface area (Å²) in [6, 6.07) is 6.80. The summed E-state index contributed by atoms with van der Waals surface area (Å²) in [6.45, 7) is 13.6. The van der Waals surface area contributed by atoms with E-state index in [0.29, 0.717) is 0 Å². The summed E-state index contributed by atoms with van der Waals surface area (Å²) in [6.07, 6.45) is 0. The van der Waals surface area contributed by atoms with Crippen molar-refractivity contribution in [2.75, 3.05) is 0 Å². The SMILES string of the molecule is CC(C)(C)c1cc[c]([Al+2])c(C(C)(C)C)c1. The zero-order valence-electron chi connectivity index (χ0n) is 10.8. The zero-order chi connectivity index (χ0) is 11.9. The van der Waals surface area contributed by atoms with E-state index in [4.69, 9.17) is 0 Å². The van der Waals surface area contributed by atoms with Crippen molar-refractivity contribution in [1.29, 1.82) is 0 Å². The number of hydrogen-bond donors (Lipinski definition) is 0. The third kappa shape index (κ3) is 3.10. The molecular weight excluding hydrogens is 195 g/mol. The van der Waals surface area contributed by atoms with E-state index >= 15 is 0 Å². The van der Waals surface area contributed by atoms with Gasteiger partial charge in [-0.25, -0.2) is 0 Å². The zero-order valence-corrected chi connectivity index (χ0v) is 12.0. The fourth-order valence-corrected chi connectivity index (χ4v) is 2.28. The van der Waals surface area contributed by atoms with E-state index in [-0.39, 0.29) is 10.8 Å². The van der Waals surface area contributed by atoms with Crippen molar-refractivity contribution < 1.29 is 0 Å². The van der Waals surface area contributed by atoms with E-state index in [1.165, 1.54) is 15.6 Å².